The standard InChI is InChI=1S/C26H34N6O4/c1-4-5-6-7-8-9-10-11-12-13-16-32-18-15-14-17-19(28-25(35)30(2)23(17)33)20(18)27-21-22(32)29-26(36)31(3)24(21)34/h14-15H,4-13,16H2,1-3H3,(H,29,36). The molecule has 1 aromatic carbocycles. The predicted octanol–water partition coefficient (Wildman–Crippen LogP) is 3.10. The number of benzene rings is 1. The summed E-state index contributed by atoms with van der Waals surface area (Å²) in [7, 11) is 2.76. The number of hydrogen-bond donors (Lipinski definition) is 1. The first-order chi connectivity index (χ1) is 17.3. The molecule has 192 valence electrons. The number of rotatable bonds is 11. The van der Waals surface area contributed by atoms with Crippen LogP contribution < -0.4 is 22.5 Å². The van der Waals surface area contributed by atoms with E-state index in [9.17, 15) is 19.2 Å². The van der Waals surface area contributed by atoms with E-state index in [-0.39, 0.29) is 16.4 Å². The predicted molar refractivity (Wildman–Crippen MR) is 142 cm³/mol. The van der Waals surface area contributed by atoms with Crippen molar-refractivity contribution >= 4 is 33.1 Å². The summed E-state index contributed by atoms with van der Waals surface area (Å²) in [5, 5.41) is 0.253. The van der Waals surface area contributed by atoms with Gasteiger partial charge in [0.1, 0.15) is 16.7 Å². The second kappa shape index (κ2) is 11.0. The highest BCUT2D eigenvalue weighted by Gasteiger charge is 2.17. The van der Waals surface area contributed by atoms with Gasteiger partial charge in [0.05, 0.1) is 10.9 Å². The van der Waals surface area contributed by atoms with Gasteiger partial charge in [-0.3, -0.25) is 23.7 Å². The van der Waals surface area contributed by atoms with Gasteiger partial charge >= 0.3 is 11.4 Å². The third kappa shape index (κ3) is 4.89. The van der Waals surface area contributed by atoms with Crippen LogP contribution in [-0.4, -0.2) is 28.7 Å². The molecule has 10 nitrogen and oxygen atoms in total. The number of nitrogens with one attached hydrogen (secondary N) is 1. The van der Waals surface area contributed by atoms with Gasteiger partial charge in [0.25, 0.3) is 11.1 Å². The number of aromatic nitrogens is 6. The number of hydrogen-bond acceptors (Lipinski definition) is 6. The molecule has 0 bridgehead atoms. The molecule has 1 N–H and O–H groups in total. The maximum atomic E-state index is 12.9. The molecule has 0 radical (unpaired) electrons. The van der Waals surface area contributed by atoms with Crippen LogP contribution in [0.5, 0.6) is 0 Å². The lowest BCUT2D eigenvalue weighted by Crippen LogP contribution is -2.34. The molecule has 4 rings (SSSR count). The Bertz CT molecular complexity index is 1640. The Morgan fingerprint density at radius 3 is 2.03 bits per heavy atom. The Hall–Kier alpha value is -3.56. The summed E-state index contributed by atoms with van der Waals surface area (Å²) in [4.78, 5) is 61.6. The quantitative estimate of drug-likeness (QED) is 0.194. The number of aromatic amines is 1. The lowest BCUT2D eigenvalue weighted by atomic mass is 10.1. The van der Waals surface area contributed by atoms with Crippen LogP contribution in [0.4, 0.5) is 0 Å². The normalized spacial score (nSPS) is 11.8. The minimum absolute atomic E-state index is 0.0686. The van der Waals surface area contributed by atoms with Gasteiger partial charge in [0, 0.05) is 20.6 Å². The minimum atomic E-state index is -0.683. The van der Waals surface area contributed by atoms with E-state index < -0.39 is 22.5 Å². The summed E-state index contributed by atoms with van der Waals surface area (Å²) in [6.45, 7) is 2.78. The average Bonchev–Trinajstić information content (AvgIpc) is 2.87. The van der Waals surface area contributed by atoms with Crippen molar-refractivity contribution in [3.63, 3.8) is 0 Å². The van der Waals surface area contributed by atoms with Crippen molar-refractivity contribution in [1.29, 1.82) is 0 Å². The number of H-pyrrole nitrogens is 1. The molecule has 0 aliphatic carbocycles. The molecule has 0 saturated carbocycles. The van der Waals surface area contributed by atoms with Gasteiger partial charge in [-0.15, -0.1) is 0 Å². The van der Waals surface area contributed by atoms with E-state index in [4.69, 9.17) is 0 Å². The van der Waals surface area contributed by atoms with Crippen LogP contribution in [0.25, 0.3) is 33.1 Å². The van der Waals surface area contributed by atoms with Gasteiger partial charge in [-0.25, -0.2) is 14.6 Å². The van der Waals surface area contributed by atoms with Crippen LogP contribution >= 0.6 is 0 Å². The van der Waals surface area contributed by atoms with Crippen LogP contribution in [-0.2, 0) is 20.6 Å². The van der Waals surface area contributed by atoms with E-state index in [2.05, 4.69) is 21.9 Å². The monoisotopic (exact) mass is 494 g/mol. The minimum Gasteiger partial charge on any atom is -0.324 e. The van der Waals surface area contributed by atoms with Crippen LogP contribution in [0, 0.1) is 0 Å². The fourth-order valence-electron chi connectivity index (χ4n) is 4.74. The van der Waals surface area contributed by atoms with Crippen molar-refractivity contribution < 1.29 is 0 Å². The van der Waals surface area contributed by atoms with Crippen molar-refractivity contribution in [2.75, 3.05) is 0 Å². The Labute approximate surface area is 207 Å². The molecule has 0 aliphatic rings. The molecular weight excluding hydrogens is 460 g/mol. The summed E-state index contributed by atoms with van der Waals surface area (Å²) in [5.41, 5.74) is -0.762. The van der Waals surface area contributed by atoms with Gasteiger partial charge in [0.15, 0.2) is 5.52 Å². The zero-order chi connectivity index (χ0) is 25.8. The molecular formula is C26H34N6O4. The largest absolute Gasteiger partial charge is 0.350 e. The molecule has 0 aliphatic heterocycles. The van der Waals surface area contributed by atoms with Gasteiger partial charge in [-0.1, -0.05) is 64.7 Å². The molecule has 3 heterocycles. The topological polar surface area (TPSA) is 125 Å². The highest BCUT2D eigenvalue weighted by atomic mass is 16.2. The van der Waals surface area contributed by atoms with E-state index >= 15 is 0 Å². The van der Waals surface area contributed by atoms with Gasteiger partial charge in [-0.2, -0.15) is 4.98 Å². The summed E-state index contributed by atoms with van der Waals surface area (Å²) in [6.07, 6.45) is 11.9. The average molecular weight is 495 g/mol. The summed E-state index contributed by atoms with van der Waals surface area (Å²) >= 11 is 0. The number of unbranched alkanes of at least 4 members (excludes halogenated alkanes) is 9. The second-order valence-electron chi connectivity index (χ2n) is 9.52. The molecule has 36 heavy (non-hydrogen) atoms. The van der Waals surface area contributed by atoms with Crippen molar-refractivity contribution in [2.45, 2.75) is 77.7 Å². The Morgan fingerprint density at radius 1 is 0.722 bits per heavy atom. The van der Waals surface area contributed by atoms with Crippen molar-refractivity contribution in [1.82, 2.24) is 28.7 Å². The smallest absolute Gasteiger partial charge is 0.324 e. The zero-order valence-corrected chi connectivity index (χ0v) is 21.3. The third-order valence-corrected chi connectivity index (χ3v) is 6.94. The zero-order valence-electron chi connectivity index (χ0n) is 21.3. The van der Waals surface area contributed by atoms with Gasteiger partial charge < -0.3 is 4.57 Å². The van der Waals surface area contributed by atoms with E-state index in [1.807, 2.05) is 4.57 Å². The molecule has 0 unspecified atom stereocenters. The molecule has 10 heteroatoms. The Kier molecular flexibility index (Phi) is 7.81. The molecule has 0 spiro atoms. The first-order valence-electron chi connectivity index (χ1n) is 12.9. The maximum Gasteiger partial charge on any atom is 0.350 e. The molecule has 0 atom stereocenters. The van der Waals surface area contributed by atoms with Crippen molar-refractivity contribution in [3.8, 4) is 0 Å². The Morgan fingerprint density at radius 2 is 1.36 bits per heavy atom. The number of nitrogens with zero attached hydrogens (tertiary/aromatic N) is 5. The van der Waals surface area contributed by atoms with Crippen LogP contribution in [0.2, 0.25) is 0 Å². The lowest BCUT2D eigenvalue weighted by molar-refractivity contribution is 0.540. The fraction of sp³-hybridized carbons (Fsp3) is 0.538. The highest BCUT2D eigenvalue weighted by Crippen LogP contribution is 2.23. The van der Waals surface area contributed by atoms with Crippen LogP contribution in [0.15, 0.2) is 31.3 Å². The molecule has 0 saturated heterocycles. The summed E-state index contributed by atoms with van der Waals surface area (Å²) in [6, 6.07) is 3.36. The van der Waals surface area contributed by atoms with Crippen LogP contribution in [0.3, 0.4) is 0 Å². The van der Waals surface area contributed by atoms with Crippen molar-refractivity contribution in [2.24, 2.45) is 14.1 Å². The van der Waals surface area contributed by atoms with E-state index in [0.717, 1.165) is 28.4 Å². The SMILES string of the molecule is CCCCCCCCCCCCn1c2ccc3c(=O)n(C)c(=O)nc3c2nc2c(=O)n(C)c(=O)[nH]c21. The summed E-state index contributed by atoms with van der Waals surface area (Å²) < 4.78 is 3.76. The third-order valence-electron chi connectivity index (χ3n) is 6.94. The molecule has 3 aromatic heterocycles. The number of aryl methyl sites for hydroxylation is 1. The summed E-state index contributed by atoms with van der Waals surface area (Å²) in [5.74, 6) is 0. The maximum absolute atomic E-state index is 12.9. The van der Waals surface area contributed by atoms with Gasteiger partial charge in [-0.05, 0) is 18.6 Å². The van der Waals surface area contributed by atoms with E-state index in [1.54, 1.807) is 12.1 Å². The molecule has 4 aromatic rings. The first-order valence-corrected chi connectivity index (χ1v) is 12.9. The molecule has 0 amide bonds. The lowest BCUT2D eigenvalue weighted by Gasteiger charge is -2.15. The number of fused-ring (bicyclic) bond motifs is 4. The van der Waals surface area contributed by atoms with E-state index in [1.165, 1.54) is 59.0 Å². The molecule has 0 fully saturated rings. The highest BCUT2D eigenvalue weighted by molar-refractivity contribution is 6.03. The first kappa shape index (κ1) is 25.5. The van der Waals surface area contributed by atoms with E-state index in [0.29, 0.717) is 23.2 Å². The fourth-order valence-corrected chi connectivity index (χ4v) is 4.74. The second-order valence-corrected chi connectivity index (χ2v) is 9.52. The van der Waals surface area contributed by atoms with Crippen LogP contribution in [0.1, 0.15) is 71.1 Å². The van der Waals surface area contributed by atoms with Gasteiger partial charge in [0.2, 0.25) is 0 Å². The van der Waals surface area contributed by atoms with Crippen molar-refractivity contribution in [3.05, 3.63) is 53.8 Å². The Balaban J connectivity index is 1.69.